The van der Waals surface area contributed by atoms with Crippen molar-refractivity contribution >= 4 is 10.8 Å². The molecule has 0 aliphatic rings. The van der Waals surface area contributed by atoms with Crippen LogP contribution < -0.4 is 9.47 Å². The molecule has 1 N–H and O–H groups in total. The highest BCUT2D eigenvalue weighted by atomic mass is 16.5. The van der Waals surface area contributed by atoms with E-state index in [1.54, 1.807) is 6.07 Å². The normalized spacial score (nSPS) is 10.8. The maximum atomic E-state index is 10.2. The summed E-state index contributed by atoms with van der Waals surface area (Å²) in [6, 6.07) is 9.55. The maximum absolute atomic E-state index is 10.2. The zero-order valence-electron chi connectivity index (χ0n) is 12.9. The predicted molar refractivity (Wildman–Crippen MR) is 86.4 cm³/mol. The Labute approximate surface area is 126 Å². The summed E-state index contributed by atoms with van der Waals surface area (Å²) in [6.07, 6.45) is 4.13. The molecule has 0 atom stereocenters. The SMILES string of the molecule is CCCCOc1cc(O)c(OCCCC)c2ccccc12. The average Bonchev–Trinajstić information content (AvgIpc) is 2.50. The van der Waals surface area contributed by atoms with Crippen LogP contribution in [0.4, 0.5) is 0 Å². The van der Waals surface area contributed by atoms with E-state index in [1.165, 1.54) is 0 Å². The number of phenols is 1. The molecular weight excluding hydrogens is 264 g/mol. The van der Waals surface area contributed by atoms with Crippen molar-refractivity contribution in [3.05, 3.63) is 30.3 Å². The van der Waals surface area contributed by atoms with Crippen molar-refractivity contribution in [1.82, 2.24) is 0 Å². The van der Waals surface area contributed by atoms with Gasteiger partial charge in [-0.1, -0.05) is 51.0 Å². The molecule has 0 aromatic heterocycles. The molecule has 0 saturated carbocycles. The van der Waals surface area contributed by atoms with E-state index in [1.807, 2.05) is 24.3 Å². The Kier molecular flexibility index (Phi) is 5.73. The van der Waals surface area contributed by atoms with Crippen LogP contribution >= 0.6 is 0 Å². The molecule has 2 aromatic carbocycles. The minimum absolute atomic E-state index is 0.149. The van der Waals surface area contributed by atoms with E-state index in [9.17, 15) is 5.11 Å². The van der Waals surface area contributed by atoms with Crippen LogP contribution in [-0.4, -0.2) is 18.3 Å². The molecule has 0 fully saturated rings. The van der Waals surface area contributed by atoms with Crippen molar-refractivity contribution in [2.75, 3.05) is 13.2 Å². The second-order valence-corrected chi connectivity index (χ2v) is 5.17. The minimum atomic E-state index is 0.149. The van der Waals surface area contributed by atoms with E-state index in [0.717, 1.165) is 42.2 Å². The average molecular weight is 288 g/mol. The standard InChI is InChI=1S/C18H24O3/c1-3-5-11-20-17-13-16(19)18(21-12-6-4-2)15-10-8-7-9-14(15)17/h7-10,13,19H,3-6,11-12H2,1-2H3. The molecule has 2 rings (SSSR count). The van der Waals surface area contributed by atoms with Crippen molar-refractivity contribution in [3.63, 3.8) is 0 Å². The van der Waals surface area contributed by atoms with Gasteiger partial charge in [-0.25, -0.2) is 0 Å². The van der Waals surface area contributed by atoms with Gasteiger partial charge in [0.25, 0.3) is 0 Å². The third-order valence-corrected chi connectivity index (χ3v) is 3.44. The second kappa shape index (κ2) is 7.77. The molecule has 2 aromatic rings. The van der Waals surface area contributed by atoms with E-state index in [0.29, 0.717) is 19.0 Å². The van der Waals surface area contributed by atoms with Crippen molar-refractivity contribution in [3.8, 4) is 17.2 Å². The summed E-state index contributed by atoms with van der Waals surface area (Å²) < 4.78 is 11.6. The quantitative estimate of drug-likeness (QED) is 0.702. The van der Waals surface area contributed by atoms with E-state index in [2.05, 4.69) is 13.8 Å². The summed E-state index contributed by atoms with van der Waals surface area (Å²) in [5.74, 6) is 1.43. The number of unbranched alkanes of at least 4 members (excludes halogenated alkanes) is 2. The lowest BCUT2D eigenvalue weighted by atomic mass is 10.1. The van der Waals surface area contributed by atoms with E-state index in [-0.39, 0.29) is 5.75 Å². The number of ether oxygens (including phenoxy) is 2. The molecule has 0 radical (unpaired) electrons. The summed E-state index contributed by atoms with van der Waals surface area (Å²) in [5.41, 5.74) is 0. The fraction of sp³-hybridized carbons (Fsp3) is 0.444. The molecule has 0 aliphatic carbocycles. The highest BCUT2D eigenvalue weighted by molar-refractivity contribution is 5.95. The minimum Gasteiger partial charge on any atom is -0.504 e. The van der Waals surface area contributed by atoms with Gasteiger partial charge in [0.1, 0.15) is 5.75 Å². The molecule has 21 heavy (non-hydrogen) atoms. The maximum Gasteiger partial charge on any atom is 0.168 e. The largest absolute Gasteiger partial charge is 0.504 e. The van der Waals surface area contributed by atoms with Gasteiger partial charge in [0, 0.05) is 16.8 Å². The summed E-state index contributed by atoms with van der Waals surface area (Å²) in [5, 5.41) is 12.1. The van der Waals surface area contributed by atoms with E-state index < -0.39 is 0 Å². The lowest BCUT2D eigenvalue weighted by Crippen LogP contribution is -2.00. The van der Waals surface area contributed by atoms with Crippen LogP contribution in [0.3, 0.4) is 0 Å². The zero-order chi connectivity index (χ0) is 15.1. The smallest absolute Gasteiger partial charge is 0.168 e. The highest BCUT2D eigenvalue weighted by Gasteiger charge is 2.13. The zero-order valence-corrected chi connectivity index (χ0v) is 12.9. The van der Waals surface area contributed by atoms with Crippen LogP contribution in [0.2, 0.25) is 0 Å². The van der Waals surface area contributed by atoms with Crippen LogP contribution in [-0.2, 0) is 0 Å². The van der Waals surface area contributed by atoms with E-state index >= 15 is 0 Å². The first-order valence-corrected chi connectivity index (χ1v) is 7.78. The van der Waals surface area contributed by atoms with Crippen molar-refractivity contribution in [1.29, 1.82) is 0 Å². The van der Waals surface area contributed by atoms with Crippen LogP contribution in [0.15, 0.2) is 30.3 Å². The first kappa shape index (κ1) is 15.5. The summed E-state index contributed by atoms with van der Waals surface area (Å²) >= 11 is 0. The topological polar surface area (TPSA) is 38.7 Å². The van der Waals surface area contributed by atoms with Gasteiger partial charge in [-0.3, -0.25) is 0 Å². The van der Waals surface area contributed by atoms with Crippen LogP contribution in [0.5, 0.6) is 17.2 Å². The van der Waals surface area contributed by atoms with Gasteiger partial charge < -0.3 is 14.6 Å². The molecule has 0 unspecified atom stereocenters. The molecule has 0 bridgehead atoms. The third kappa shape index (κ3) is 3.81. The van der Waals surface area contributed by atoms with Gasteiger partial charge in [0.05, 0.1) is 13.2 Å². The fourth-order valence-electron chi connectivity index (χ4n) is 2.22. The van der Waals surface area contributed by atoms with Gasteiger partial charge in [-0.15, -0.1) is 0 Å². The van der Waals surface area contributed by atoms with Gasteiger partial charge in [-0.05, 0) is 12.8 Å². The van der Waals surface area contributed by atoms with Gasteiger partial charge >= 0.3 is 0 Å². The number of hydrogen-bond acceptors (Lipinski definition) is 3. The van der Waals surface area contributed by atoms with Gasteiger partial charge in [0.15, 0.2) is 11.5 Å². The molecule has 0 heterocycles. The first-order valence-electron chi connectivity index (χ1n) is 7.78. The van der Waals surface area contributed by atoms with Crippen molar-refractivity contribution < 1.29 is 14.6 Å². The Bertz CT molecular complexity index is 578. The summed E-state index contributed by atoms with van der Waals surface area (Å²) in [4.78, 5) is 0. The highest BCUT2D eigenvalue weighted by Crippen LogP contribution is 2.40. The first-order chi connectivity index (χ1) is 10.3. The Morgan fingerprint density at radius 1 is 0.905 bits per heavy atom. The Morgan fingerprint density at radius 2 is 1.52 bits per heavy atom. The Hall–Kier alpha value is -1.90. The number of phenolic OH excluding ortho intramolecular Hbond substituents is 1. The number of hydrogen-bond donors (Lipinski definition) is 1. The van der Waals surface area contributed by atoms with Crippen LogP contribution in [0, 0.1) is 0 Å². The number of rotatable bonds is 8. The van der Waals surface area contributed by atoms with Crippen molar-refractivity contribution in [2.24, 2.45) is 0 Å². The molecular formula is C18H24O3. The Morgan fingerprint density at radius 3 is 2.19 bits per heavy atom. The molecule has 0 amide bonds. The molecule has 0 saturated heterocycles. The number of aromatic hydroxyl groups is 1. The number of benzene rings is 2. The Balaban J connectivity index is 2.33. The molecule has 3 nitrogen and oxygen atoms in total. The fourth-order valence-corrected chi connectivity index (χ4v) is 2.22. The predicted octanol–water partition coefficient (Wildman–Crippen LogP) is 4.90. The number of fused-ring (bicyclic) bond motifs is 1. The summed E-state index contributed by atoms with van der Waals surface area (Å²) in [7, 11) is 0. The van der Waals surface area contributed by atoms with Crippen LogP contribution in [0.25, 0.3) is 10.8 Å². The molecule has 0 spiro atoms. The second-order valence-electron chi connectivity index (χ2n) is 5.17. The van der Waals surface area contributed by atoms with Gasteiger partial charge in [-0.2, -0.15) is 0 Å². The van der Waals surface area contributed by atoms with Gasteiger partial charge in [0.2, 0.25) is 0 Å². The van der Waals surface area contributed by atoms with E-state index in [4.69, 9.17) is 9.47 Å². The van der Waals surface area contributed by atoms with Crippen LogP contribution in [0.1, 0.15) is 39.5 Å². The molecule has 3 heteroatoms. The lowest BCUT2D eigenvalue weighted by Gasteiger charge is -2.15. The lowest BCUT2D eigenvalue weighted by molar-refractivity contribution is 0.291. The monoisotopic (exact) mass is 288 g/mol. The van der Waals surface area contributed by atoms with Crippen molar-refractivity contribution in [2.45, 2.75) is 39.5 Å². The molecule has 114 valence electrons. The summed E-state index contributed by atoms with van der Waals surface area (Å²) in [6.45, 7) is 5.52. The molecule has 0 aliphatic heterocycles. The third-order valence-electron chi connectivity index (χ3n) is 3.44.